The van der Waals surface area contributed by atoms with Gasteiger partial charge in [-0.2, -0.15) is 0 Å². The van der Waals surface area contributed by atoms with E-state index in [-0.39, 0.29) is 0 Å². The Morgan fingerprint density at radius 2 is 2.10 bits per heavy atom. The van der Waals surface area contributed by atoms with Crippen molar-refractivity contribution in [1.82, 2.24) is 15.2 Å². The van der Waals surface area contributed by atoms with Crippen LogP contribution in [0.15, 0.2) is 16.6 Å². The fraction of sp³-hybridized carbons (Fsp3) is 0.429. The van der Waals surface area contributed by atoms with Crippen molar-refractivity contribution in [2.24, 2.45) is 0 Å². The second-order valence-electron chi connectivity index (χ2n) is 4.57. The minimum absolute atomic E-state index is 0.781. The Bertz CT molecular complexity index is 575. The number of aryl methyl sites for hydroxylation is 1. The molecule has 2 N–H and O–H groups in total. The Labute approximate surface area is 137 Å². The fourth-order valence-electron chi connectivity index (χ4n) is 1.76. The van der Waals surface area contributed by atoms with Gasteiger partial charge in [-0.1, -0.05) is 18.3 Å². The monoisotopic (exact) mass is 372 g/mol. The number of fused-ring (bicyclic) bond motifs is 1. The normalized spacial score (nSPS) is 10.5. The lowest BCUT2D eigenvalue weighted by atomic mass is 10.2. The van der Waals surface area contributed by atoms with Crippen LogP contribution < -0.4 is 10.6 Å². The van der Waals surface area contributed by atoms with Gasteiger partial charge in [-0.25, -0.2) is 4.98 Å². The highest BCUT2D eigenvalue weighted by molar-refractivity contribution is 9.10. The van der Waals surface area contributed by atoms with Gasteiger partial charge < -0.3 is 15.4 Å². The van der Waals surface area contributed by atoms with Crippen LogP contribution in [-0.2, 0) is 4.79 Å². The number of carbonyl (C=O) groups is 1. The summed E-state index contributed by atoms with van der Waals surface area (Å²) in [7, 11) is 2.07. The maximum Gasteiger partial charge on any atom is 0.184 e. The molecule has 5 nitrogen and oxygen atoms in total. The number of hydrogen-bond acceptors (Lipinski definition) is 6. The van der Waals surface area contributed by atoms with E-state index in [1.165, 1.54) is 10.3 Å². The zero-order chi connectivity index (χ0) is 15.8. The smallest absolute Gasteiger partial charge is 0.184 e. The van der Waals surface area contributed by atoms with E-state index in [2.05, 4.69) is 69.5 Å². The van der Waals surface area contributed by atoms with Gasteiger partial charge in [0, 0.05) is 11.1 Å². The van der Waals surface area contributed by atoms with Crippen LogP contribution >= 0.6 is 27.3 Å². The third-order valence-corrected chi connectivity index (χ3v) is 4.67. The van der Waals surface area contributed by atoms with E-state index < -0.39 is 0 Å². The summed E-state index contributed by atoms with van der Waals surface area (Å²) in [6, 6.07) is 4.24. The van der Waals surface area contributed by atoms with Gasteiger partial charge in [-0.15, -0.1) is 0 Å². The minimum Gasteiger partial charge on any atom is -0.349 e. The molecule has 116 valence electrons. The first-order chi connectivity index (χ1) is 10.1. The Morgan fingerprint density at radius 3 is 2.76 bits per heavy atom. The van der Waals surface area contributed by atoms with Crippen molar-refractivity contribution in [3.05, 3.63) is 22.2 Å². The summed E-state index contributed by atoms with van der Waals surface area (Å²) in [5.41, 5.74) is 2.27. The average Bonchev–Trinajstić information content (AvgIpc) is 2.88. The molecule has 0 amide bonds. The van der Waals surface area contributed by atoms with Crippen LogP contribution in [0.4, 0.5) is 5.13 Å². The van der Waals surface area contributed by atoms with Crippen molar-refractivity contribution in [1.29, 1.82) is 0 Å². The highest BCUT2D eigenvalue weighted by atomic mass is 79.9. The molecule has 2 rings (SSSR count). The molecule has 1 aromatic carbocycles. The summed E-state index contributed by atoms with van der Waals surface area (Å²) in [6.07, 6.45) is 0. The van der Waals surface area contributed by atoms with Gasteiger partial charge in [0.05, 0.1) is 16.9 Å². The number of benzene rings is 1. The summed E-state index contributed by atoms with van der Waals surface area (Å²) in [4.78, 5) is 14.8. The number of rotatable bonds is 6. The largest absolute Gasteiger partial charge is 0.349 e. The molecular formula is C14H21BrN4OS. The molecule has 0 unspecified atom stereocenters. The third-order valence-electron chi connectivity index (χ3n) is 2.72. The number of nitrogens with one attached hydrogen (secondary N) is 2. The van der Waals surface area contributed by atoms with Crippen LogP contribution in [0.1, 0.15) is 12.5 Å². The molecule has 0 aliphatic carbocycles. The SMILES string of the molecule is C=O.CCNCN(C)CNc1nc2cc(C)cc(Br)c2s1. The van der Waals surface area contributed by atoms with Crippen LogP contribution in [0.5, 0.6) is 0 Å². The lowest BCUT2D eigenvalue weighted by molar-refractivity contribution is -0.0979. The molecule has 0 atom stereocenters. The van der Waals surface area contributed by atoms with E-state index in [9.17, 15) is 0 Å². The zero-order valence-electron chi connectivity index (χ0n) is 12.6. The Balaban J connectivity index is 0.00000106. The van der Waals surface area contributed by atoms with Gasteiger partial charge >= 0.3 is 0 Å². The molecule has 0 saturated heterocycles. The summed E-state index contributed by atoms with van der Waals surface area (Å²) in [5, 5.41) is 7.61. The molecule has 1 aromatic heterocycles. The molecule has 2 aromatic rings. The number of anilines is 1. The summed E-state index contributed by atoms with van der Waals surface area (Å²) >= 11 is 5.28. The molecule has 7 heteroatoms. The molecule has 0 fully saturated rings. The van der Waals surface area contributed by atoms with Crippen molar-refractivity contribution < 1.29 is 4.79 Å². The van der Waals surface area contributed by atoms with Crippen molar-refractivity contribution >= 4 is 49.4 Å². The fourth-order valence-corrected chi connectivity index (χ4v) is 3.41. The second-order valence-corrected chi connectivity index (χ2v) is 6.42. The highest BCUT2D eigenvalue weighted by Gasteiger charge is 2.08. The number of nitrogens with zero attached hydrogens (tertiary/aromatic N) is 2. The first-order valence-electron chi connectivity index (χ1n) is 6.59. The summed E-state index contributed by atoms with van der Waals surface area (Å²) in [6.45, 7) is 8.83. The van der Waals surface area contributed by atoms with Crippen LogP contribution in [0.25, 0.3) is 10.2 Å². The molecule has 0 radical (unpaired) electrons. The van der Waals surface area contributed by atoms with Crippen molar-refractivity contribution in [2.45, 2.75) is 13.8 Å². The van der Waals surface area contributed by atoms with Gasteiger partial charge in [-0.3, -0.25) is 4.90 Å². The highest BCUT2D eigenvalue weighted by Crippen LogP contribution is 2.33. The van der Waals surface area contributed by atoms with Gasteiger partial charge in [0.15, 0.2) is 5.13 Å². The maximum absolute atomic E-state index is 8.00. The molecule has 21 heavy (non-hydrogen) atoms. The van der Waals surface area contributed by atoms with E-state index >= 15 is 0 Å². The Morgan fingerprint density at radius 1 is 1.38 bits per heavy atom. The van der Waals surface area contributed by atoms with Crippen LogP contribution in [-0.4, -0.2) is 43.6 Å². The molecule has 0 aliphatic rings. The summed E-state index contributed by atoms with van der Waals surface area (Å²) < 4.78 is 2.32. The Kier molecular flexibility index (Phi) is 7.81. The van der Waals surface area contributed by atoms with Crippen molar-refractivity contribution in [2.75, 3.05) is 32.2 Å². The first kappa shape index (κ1) is 18.0. The second kappa shape index (κ2) is 9.09. The number of aromatic nitrogens is 1. The molecule has 0 saturated carbocycles. The van der Waals surface area contributed by atoms with Gasteiger partial charge in [-0.05, 0) is 54.1 Å². The number of halogens is 1. The predicted octanol–water partition coefficient (Wildman–Crippen LogP) is 3.05. The topological polar surface area (TPSA) is 57.3 Å². The van der Waals surface area contributed by atoms with Crippen LogP contribution in [0.3, 0.4) is 0 Å². The first-order valence-corrected chi connectivity index (χ1v) is 8.19. The number of carbonyl (C=O) groups excluding carboxylic acids is 1. The molecule has 0 spiro atoms. The van der Waals surface area contributed by atoms with E-state index in [4.69, 9.17) is 4.79 Å². The van der Waals surface area contributed by atoms with E-state index in [0.717, 1.165) is 35.0 Å². The standard InChI is InChI=1S/C13H19BrN4S.CH2O/c1-4-15-7-18(3)8-16-13-17-11-6-9(2)5-10(14)12(11)19-13;1-2/h5-6,15H,4,7-8H2,1-3H3,(H,16,17);1H2. The van der Waals surface area contributed by atoms with Crippen molar-refractivity contribution in [3.8, 4) is 0 Å². The lowest BCUT2D eigenvalue weighted by Crippen LogP contribution is -2.34. The number of hydrogen-bond donors (Lipinski definition) is 2. The lowest BCUT2D eigenvalue weighted by Gasteiger charge is -2.16. The minimum atomic E-state index is 0.781. The molecule has 0 aliphatic heterocycles. The van der Waals surface area contributed by atoms with E-state index in [1.54, 1.807) is 11.3 Å². The van der Waals surface area contributed by atoms with E-state index in [1.807, 2.05) is 6.79 Å². The third kappa shape index (κ3) is 5.35. The van der Waals surface area contributed by atoms with Crippen molar-refractivity contribution in [3.63, 3.8) is 0 Å². The predicted molar refractivity (Wildman–Crippen MR) is 94.0 cm³/mol. The van der Waals surface area contributed by atoms with Gasteiger partial charge in [0.1, 0.15) is 6.79 Å². The summed E-state index contributed by atoms with van der Waals surface area (Å²) in [5.74, 6) is 0. The number of thiazole rings is 1. The van der Waals surface area contributed by atoms with E-state index in [0.29, 0.717) is 0 Å². The quantitative estimate of drug-likeness (QED) is 0.763. The van der Waals surface area contributed by atoms with Crippen LogP contribution in [0.2, 0.25) is 0 Å². The van der Waals surface area contributed by atoms with Gasteiger partial charge in [0.25, 0.3) is 0 Å². The van der Waals surface area contributed by atoms with Gasteiger partial charge in [0.2, 0.25) is 0 Å². The zero-order valence-corrected chi connectivity index (χ0v) is 15.0. The maximum atomic E-state index is 8.00. The molecule has 1 heterocycles. The molecular weight excluding hydrogens is 352 g/mol. The molecule has 0 bridgehead atoms. The van der Waals surface area contributed by atoms with Crippen LogP contribution in [0, 0.1) is 6.92 Å². The average molecular weight is 373 g/mol. The Hall–Kier alpha value is -1.02.